The van der Waals surface area contributed by atoms with E-state index in [0.29, 0.717) is 34.7 Å². The minimum absolute atomic E-state index is 0.0390. The van der Waals surface area contributed by atoms with E-state index in [9.17, 15) is 10.1 Å². The molecule has 56 heavy (non-hydrogen) atoms. The SMILES string of the molecule is CCCSc1nc(Cl)c(N)c(N[C@@H]2C[C@H](OCCO)[C@H]3OC(C)(C)O[C@H]32)n1.CCCSc1nc(Cl)c([N+](=O)[O-])c(N[C@@H]2C[C@H](OCCO)[C@H]3OC(C)(C)O[C@H]32)n1. The highest BCUT2D eigenvalue weighted by atomic mass is 35.5. The van der Waals surface area contributed by atoms with Crippen molar-refractivity contribution in [3.05, 3.63) is 20.4 Å². The van der Waals surface area contributed by atoms with Crippen LogP contribution in [0.4, 0.5) is 23.0 Å². The van der Waals surface area contributed by atoms with Gasteiger partial charge >= 0.3 is 5.69 Å². The smallest absolute Gasteiger partial charge is 0.348 e. The standard InChI is InChI=1S/C17H25ClN4O6S.C17H27ClN4O4S/c1-4-7-29-16-20-14(18)11(22(24)25)15(21-16)19-9-8-10(26-6-5-23)13-12(9)27-17(2,3)28-13;1-4-7-27-16-21-14(18)11(19)15(22-16)20-9-8-10(24-6-5-23)13-12(9)25-17(2,3)26-13/h9-10,12-13,23H,4-8H2,1-3H3,(H,19,20,21);9-10,12-13,23H,4-8,19H2,1-3H3,(H,20,21,22)/t2*9-,10+,12+,13-/m11/s1. The first-order valence-electron chi connectivity index (χ1n) is 18.6. The Morgan fingerprint density at radius 1 is 0.786 bits per heavy atom. The summed E-state index contributed by atoms with van der Waals surface area (Å²) in [4.78, 5) is 28.1. The fourth-order valence-corrected chi connectivity index (χ4v) is 8.86. The summed E-state index contributed by atoms with van der Waals surface area (Å²) in [6, 6.07) is -0.461. The molecule has 2 aliphatic carbocycles. The van der Waals surface area contributed by atoms with Gasteiger partial charge in [-0.3, -0.25) is 10.1 Å². The Balaban J connectivity index is 0.000000215. The van der Waals surface area contributed by atoms with Gasteiger partial charge in [0.25, 0.3) is 0 Å². The molecule has 2 aliphatic heterocycles. The van der Waals surface area contributed by atoms with Crippen LogP contribution in [-0.4, -0.2) is 133 Å². The molecule has 4 aliphatic rings. The van der Waals surface area contributed by atoms with Gasteiger partial charge in [-0.25, -0.2) is 15.0 Å². The number of fused-ring (bicyclic) bond motifs is 2. The van der Waals surface area contributed by atoms with Gasteiger partial charge < -0.3 is 55.0 Å². The predicted molar refractivity (Wildman–Crippen MR) is 213 cm³/mol. The van der Waals surface area contributed by atoms with Crippen molar-refractivity contribution in [2.45, 2.75) is 138 Å². The van der Waals surface area contributed by atoms with Crippen LogP contribution in [0.5, 0.6) is 0 Å². The zero-order valence-corrected chi connectivity index (χ0v) is 35.4. The second-order valence-electron chi connectivity index (χ2n) is 14.4. The van der Waals surface area contributed by atoms with Crippen molar-refractivity contribution in [2.75, 3.05) is 54.3 Å². The first-order chi connectivity index (χ1) is 26.6. The topological polar surface area (TPSA) is 241 Å². The molecule has 22 heteroatoms. The van der Waals surface area contributed by atoms with Gasteiger partial charge in [0.1, 0.15) is 30.1 Å². The van der Waals surface area contributed by atoms with E-state index in [1.165, 1.54) is 23.5 Å². The molecule has 0 spiro atoms. The third kappa shape index (κ3) is 11.1. The molecule has 4 heterocycles. The molecule has 6 N–H and O–H groups in total. The maximum Gasteiger partial charge on any atom is 0.348 e. The van der Waals surface area contributed by atoms with Gasteiger partial charge in [-0.1, -0.05) is 60.6 Å². The molecule has 0 unspecified atom stereocenters. The largest absolute Gasteiger partial charge is 0.394 e. The lowest BCUT2D eigenvalue weighted by molar-refractivity contribution is -0.384. The van der Waals surface area contributed by atoms with Crippen molar-refractivity contribution >= 4 is 69.7 Å². The second-order valence-corrected chi connectivity index (χ2v) is 17.2. The van der Waals surface area contributed by atoms with E-state index in [0.717, 1.165) is 24.3 Å². The number of aliphatic hydroxyl groups excluding tert-OH is 2. The number of nitrogens with zero attached hydrogens (tertiary/aromatic N) is 5. The van der Waals surface area contributed by atoms with E-state index in [-0.39, 0.29) is 90.8 Å². The van der Waals surface area contributed by atoms with Crippen LogP contribution in [0, 0.1) is 10.1 Å². The van der Waals surface area contributed by atoms with Gasteiger partial charge in [0.15, 0.2) is 32.9 Å². The van der Waals surface area contributed by atoms with E-state index in [2.05, 4.69) is 37.5 Å². The zero-order chi connectivity index (χ0) is 40.8. The Kier molecular flexibility index (Phi) is 15.9. The maximum absolute atomic E-state index is 11.6. The van der Waals surface area contributed by atoms with Gasteiger partial charge in [0, 0.05) is 11.5 Å². The Morgan fingerprint density at radius 3 is 1.66 bits per heavy atom. The number of rotatable bonds is 17. The number of halogens is 2. The van der Waals surface area contributed by atoms with Crippen molar-refractivity contribution in [1.82, 2.24) is 19.9 Å². The van der Waals surface area contributed by atoms with Crippen LogP contribution >= 0.6 is 46.7 Å². The summed E-state index contributed by atoms with van der Waals surface area (Å²) in [5.41, 5.74) is 6.04. The average molecular weight is 868 g/mol. The first kappa shape index (κ1) is 45.0. The molecule has 2 saturated heterocycles. The summed E-state index contributed by atoms with van der Waals surface area (Å²) >= 11 is 15.2. The molecule has 18 nitrogen and oxygen atoms in total. The summed E-state index contributed by atoms with van der Waals surface area (Å²) in [6.45, 7) is 11.7. The monoisotopic (exact) mass is 866 g/mol. The van der Waals surface area contributed by atoms with Crippen molar-refractivity contribution in [3.63, 3.8) is 0 Å². The summed E-state index contributed by atoms with van der Waals surface area (Å²) in [5, 5.41) is 37.2. The molecular formula is C34H52Cl2N8O10S2. The Morgan fingerprint density at radius 2 is 1.21 bits per heavy atom. The number of nitro groups is 1. The number of hydrogen-bond acceptors (Lipinski definition) is 19. The van der Waals surface area contributed by atoms with Gasteiger partial charge in [0.2, 0.25) is 11.0 Å². The second kappa shape index (κ2) is 19.8. The molecule has 2 aromatic rings. The highest BCUT2D eigenvalue weighted by molar-refractivity contribution is 7.99. The molecule has 6 rings (SSSR count). The molecule has 314 valence electrons. The summed E-state index contributed by atoms with van der Waals surface area (Å²) < 4.78 is 35.6. The van der Waals surface area contributed by atoms with E-state index < -0.39 is 22.6 Å². The highest BCUT2D eigenvalue weighted by Crippen LogP contribution is 2.43. The van der Waals surface area contributed by atoms with Crippen molar-refractivity contribution in [2.24, 2.45) is 0 Å². The number of aliphatic hydroxyl groups is 2. The minimum atomic E-state index is -0.812. The van der Waals surface area contributed by atoms with Crippen LogP contribution < -0.4 is 16.4 Å². The average Bonchev–Trinajstić information content (AvgIpc) is 3.82. The van der Waals surface area contributed by atoms with E-state index in [1.807, 2.05) is 20.8 Å². The maximum atomic E-state index is 11.6. The van der Waals surface area contributed by atoms with Crippen LogP contribution in [0.1, 0.15) is 67.2 Å². The van der Waals surface area contributed by atoms with Crippen LogP contribution in [0.15, 0.2) is 10.3 Å². The number of thioether (sulfide) groups is 2. The van der Waals surface area contributed by atoms with Crippen LogP contribution in [0.3, 0.4) is 0 Å². The van der Waals surface area contributed by atoms with Crippen molar-refractivity contribution < 1.29 is 43.6 Å². The fourth-order valence-electron chi connectivity index (χ4n) is 6.96. The quantitative estimate of drug-likeness (QED) is 0.0466. The molecule has 0 bridgehead atoms. The fraction of sp³-hybridized carbons (Fsp3) is 0.765. The normalized spacial score (nSPS) is 28.4. The number of ether oxygens (including phenoxy) is 6. The molecule has 8 atom stereocenters. The Hall–Kier alpha value is -2.08. The third-order valence-corrected chi connectivity index (χ3v) is 11.7. The van der Waals surface area contributed by atoms with Gasteiger partial charge in [-0.05, 0) is 53.4 Å². The summed E-state index contributed by atoms with van der Waals surface area (Å²) in [5.74, 6) is 0.698. The van der Waals surface area contributed by atoms with E-state index in [4.69, 9.17) is 67.6 Å². The highest BCUT2D eigenvalue weighted by Gasteiger charge is 2.56. The Bertz CT molecular complexity index is 1660. The van der Waals surface area contributed by atoms with Gasteiger partial charge in [-0.2, -0.15) is 4.98 Å². The molecule has 0 aromatic carbocycles. The lowest BCUT2D eigenvalue weighted by Crippen LogP contribution is -2.35. The van der Waals surface area contributed by atoms with Crippen molar-refractivity contribution in [1.29, 1.82) is 0 Å². The number of hydrogen-bond donors (Lipinski definition) is 5. The number of aromatic nitrogens is 4. The number of anilines is 3. The molecule has 2 saturated carbocycles. The van der Waals surface area contributed by atoms with Crippen LogP contribution in [-0.2, 0) is 28.4 Å². The van der Waals surface area contributed by atoms with Gasteiger partial charge in [-0.15, -0.1) is 0 Å². The molecule has 0 amide bonds. The predicted octanol–water partition coefficient (Wildman–Crippen LogP) is 4.92. The number of nitrogen functional groups attached to an aromatic ring is 1. The molecule has 0 radical (unpaired) electrons. The van der Waals surface area contributed by atoms with Crippen LogP contribution in [0.25, 0.3) is 0 Å². The third-order valence-electron chi connectivity index (χ3n) is 9.07. The molecule has 4 fully saturated rings. The van der Waals surface area contributed by atoms with E-state index >= 15 is 0 Å². The summed E-state index contributed by atoms with van der Waals surface area (Å²) in [6.07, 6.45) is 1.32. The van der Waals surface area contributed by atoms with E-state index in [1.54, 1.807) is 13.8 Å². The van der Waals surface area contributed by atoms with Crippen LogP contribution in [0.2, 0.25) is 10.3 Å². The zero-order valence-electron chi connectivity index (χ0n) is 32.2. The molecular weight excluding hydrogens is 815 g/mol. The lowest BCUT2D eigenvalue weighted by Gasteiger charge is -2.24. The number of nitrogens with two attached hydrogens (primary N) is 1. The van der Waals surface area contributed by atoms with Gasteiger partial charge in [0.05, 0.1) is 55.6 Å². The minimum Gasteiger partial charge on any atom is -0.394 e. The number of nitrogens with one attached hydrogen (secondary N) is 2. The van der Waals surface area contributed by atoms with Crippen molar-refractivity contribution in [3.8, 4) is 0 Å². The Labute approximate surface area is 344 Å². The lowest BCUT2D eigenvalue weighted by atomic mass is 10.2. The molecule has 2 aromatic heterocycles. The summed E-state index contributed by atoms with van der Waals surface area (Å²) in [7, 11) is 0. The first-order valence-corrected chi connectivity index (χ1v) is 21.3.